The van der Waals surface area contributed by atoms with E-state index in [1.54, 1.807) is 0 Å². The zero-order valence-corrected chi connectivity index (χ0v) is 6.33. The molecule has 2 nitrogen and oxygen atoms in total. The number of sulfone groups is 1. The van der Waals surface area contributed by atoms with Crippen molar-refractivity contribution in [2.75, 3.05) is 0 Å². The first-order chi connectivity index (χ1) is 4.81. The number of alkyl halides is 3. The average molecular weight is 186 g/mol. The van der Waals surface area contributed by atoms with Gasteiger partial charge in [-0.25, -0.2) is 8.42 Å². The molecule has 0 unspecified atom stereocenters. The summed E-state index contributed by atoms with van der Waals surface area (Å²) in [6, 6.07) is 0. The Balaban J connectivity index is 4.94. The second-order valence-electron chi connectivity index (χ2n) is 1.56. The van der Waals surface area contributed by atoms with Crippen molar-refractivity contribution < 1.29 is 21.6 Å². The van der Waals surface area contributed by atoms with Gasteiger partial charge in [0.1, 0.15) is 0 Å². The normalized spacial score (nSPS) is 12.0. The van der Waals surface area contributed by atoms with Gasteiger partial charge in [-0.1, -0.05) is 0 Å². The molecule has 0 aromatic heterocycles. The van der Waals surface area contributed by atoms with Crippen LogP contribution in [0.4, 0.5) is 13.2 Å². The van der Waals surface area contributed by atoms with Gasteiger partial charge in [0.25, 0.3) is 9.84 Å². The summed E-state index contributed by atoms with van der Waals surface area (Å²) in [4.78, 5) is 0. The molecule has 0 atom stereocenters. The molecule has 11 heavy (non-hydrogen) atoms. The lowest BCUT2D eigenvalue weighted by atomic mass is 10.7. The first kappa shape index (κ1) is 10.3. The van der Waals surface area contributed by atoms with Gasteiger partial charge in [-0.05, 0) is 13.0 Å². The molecule has 0 aliphatic rings. The second-order valence-corrected chi connectivity index (χ2v) is 3.35. The van der Waals surface area contributed by atoms with E-state index in [9.17, 15) is 21.6 Å². The predicted molar refractivity (Wildman–Crippen MR) is 33.3 cm³/mol. The molecule has 0 heterocycles. The third-order valence-electron chi connectivity index (χ3n) is 0.712. The molecule has 0 saturated heterocycles. The lowest BCUT2D eigenvalue weighted by molar-refractivity contribution is -0.0423. The van der Waals surface area contributed by atoms with Crippen LogP contribution in [0.2, 0.25) is 0 Å². The minimum absolute atomic E-state index is 0.00694. The SMILES string of the molecule is CC=C=CS(=O)(=O)C(F)(F)F. The summed E-state index contributed by atoms with van der Waals surface area (Å²) in [6.07, 6.45) is 1.07. The van der Waals surface area contributed by atoms with E-state index in [4.69, 9.17) is 0 Å². The smallest absolute Gasteiger partial charge is 0.214 e. The summed E-state index contributed by atoms with van der Waals surface area (Å²) in [7, 11) is -5.13. The number of hydrogen-bond acceptors (Lipinski definition) is 2. The van der Waals surface area contributed by atoms with Gasteiger partial charge in [0.2, 0.25) is 0 Å². The minimum atomic E-state index is -5.22. The third kappa shape index (κ3) is 2.78. The first-order valence-electron chi connectivity index (χ1n) is 2.49. The Morgan fingerprint density at radius 3 is 2.09 bits per heavy atom. The van der Waals surface area contributed by atoms with Crippen LogP contribution in [0, 0.1) is 0 Å². The van der Waals surface area contributed by atoms with Gasteiger partial charge in [-0.3, -0.25) is 0 Å². The highest BCUT2D eigenvalue weighted by atomic mass is 32.2. The van der Waals surface area contributed by atoms with Crippen LogP contribution in [-0.2, 0) is 9.84 Å². The van der Waals surface area contributed by atoms with Gasteiger partial charge >= 0.3 is 5.51 Å². The molecule has 0 fully saturated rings. The maximum Gasteiger partial charge on any atom is 0.501 e. The van der Waals surface area contributed by atoms with Crippen LogP contribution in [0.1, 0.15) is 6.92 Å². The summed E-state index contributed by atoms with van der Waals surface area (Å²) in [5, 5.41) is -0.00694. The van der Waals surface area contributed by atoms with Gasteiger partial charge in [0, 0.05) is 0 Å². The summed E-state index contributed by atoms with van der Waals surface area (Å²) in [5.74, 6) is 0. The molecule has 0 saturated carbocycles. The Kier molecular flexibility index (Phi) is 2.90. The highest BCUT2D eigenvalue weighted by Crippen LogP contribution is 2.23. The fourth-order valence-corrected chi connectivity index (χ4v) is 0.673. The number of halogens is 3. The highest BCUT2D eigenvalue weighted by molar-refractivity contribution is 7.95. The van der Waals surface area contributed by atoms with E-state index >= 15 is 0 Å². The van der Waals surface area contributed by atoms with Crippen LogP contribution in [0.3, 0.4) is 0 Å². The van der Waals surface area contributed by atoms with Gasteiger partial charge in [-0.2, -0.15) is 13.2 Å². The van der Waals surface area contributed by atoms with Crippen molar-refractivity contribution in [3.05, 3.63) is 17.2 Å². The Bertz CT molecular complexity index is 279. The maximum atomic E-state index is 11.5. The lowest BCUT2D eigenvalue weighted by Gasteiger charge is -2.00. The molecular weight excluding hydrogens is 181 g/mol. The Hall–Kier alpha value is -0.740. The quantitative estimate of drug-likeness (QED) is 0.583. The van der Waals surface area contributed by atoms with E-state index in [0.29, 0.717) is 0 Å². The number of hydrogen-bond donors (Lipinski definition) is 0. The molecule has 0 rings (SSSR count). The van der Waals surface area contributed by atoms with E-state index in [-0.39, 0.29) is 5.41 Å². The van der Waals surface area contributed by atoms with E-state index in [1.807, 2.05) is 5.73 Å². The van der Waals surface area contributed by atoms with Crippen molar-refractivity contribution in [3.8, 4) is 0 Å². The first-order valence-corrected chi connectivity index (χ1v) is 4.04. The standard InChI is InChI=1S/C5H5F3O2S/c1-2-3-4-11(9,10)5(6,7)8/h2,4H,1H3. The van der Waals surface area contributed by atoms with Crippen LogP contribution < -0.4 is 0 Å². The summed E-state index contributed by atoms with van der Waals surface area (Å²) in [6.45, 7) is 1.36. The van der Waals surface area contributed by atoms with Crippen molar-refractivity contribution in [3.63, 3.8) is 0 Å². The molecule has 0 amide bonds. The van der Waals surface area contributed by atoms with Gasteiger partial charge in [0.15, 0.2) is 0 Å². The van der Waals surface area contributed by atoms with E-state index in [0.717, 1.165) is 6.08 Å². The van der Waals surface area contributed by atoms with Gasteiger partial charge in [0.05, 0.1) is 5.41 Å². The van der Waals surface area contributed by atoms with Crippen LogP contribution in [0.25, 0.3) is 0 Å². The van der Waals surface area contributed by atoms with Crippen LogP contribution in [0.15, 0.2) is 17.2 Å². The number of rotatable bonds is 1. The molecule has 0 aromatic rings. The van der Waals surface area contributed by atoms with Crippen molar-refractivity contribution in [2.45, 2.75) is 12.4 Å². The number of allylic oxidation sites excluding steroid dienone is 1. The minimum Gasteiger partial charge on any atom is -0.214 e. The summed E-state index contributed by atoms with van der Waals surface area (Å²) in [5.41, 5.74) is -3.38. The molecule has 0 radical (unpaired) electrons. The zero-order valence-electron chi connectivity index (χ0n) is 5.51. The third-order valence-corrected chi connectivity index (χ3v) is 1.80. The molecule has 6 heteroatoms. The van der Waals surface area contributed by atoms with Gasteiger partial charge in [-0.15, -0.1) is 5.73 Å². The molecule has 0 spiro atoms. The molecule has 0 aliphatic heterocycles. The van der Waals surface area contributed by atoms with Crippen molar-refractivity contribution in [1.82, 2.24) is 0 Å². The van der Waals surface area contributed by atoms with Crippen molar-refractivity contribution in [1.29, 1.82) is 0 Å². The molecule has 0 aromatic carbocycles. The van der Waals surface area contributed by atoms with E-state index in [2.05, 4.69) is 0 Å². The van der Waals surface area contributed by atoms with Crippen molar-refractivity contribution in [2.24, 2.45) is 0 Å². The molecule has 0 aliphatic carbocycles. The molecule has 0 bridgehead atoms. The van der Waals surface area contributed by atoms with Gasteiger partial charge < -0.3 is 0 Å². The van der Waals surface area contributed by atoms with Crippen LogP contribution >= 0.6 is 0 Å². The topological polar surface area (TPSA) is 34.1 Å². The molecular formula is C5H5F3O2S. The zero-order chi connectivity index (χ0) is 9.12. The highest BCUT2D eigenvalue weighted by Gasteiger charge is 2.43. The maximum absolute atomic E-state index is 11.5. The molecule has 0 N–H and O–H groups in total. The fourth-order valence-electron chi connectivity index (χ4n) is 0.224. The monoisotopic (exact) mass is 186 g/mol. The van der Waals surface area contributed by atoms with Crippen LogP contribution in [-0.4, -0.2) is 13.9 Å². The molecule has 64 valence electrons. The predicted octanol–water partition coefficient (Wildman–Crippen LogP) is 1.61. The van der Waals surface area contributed by atoms with Crippen molar-refractivity contribution >= 4 is 9.84 Å². The lowest BCUT2D eigenvalue weighted by Crippen LogP contribution is -2.20. The fraction of sp³-hybridized carbons (Fsp3) is 0.400. The van der Waals surface area contributed by atoms with E-state index < -0.39 is 15.3 Å². The largest absolute Gasteiger partial charge is 0.501 e. The second kappa shape index (κ2) is 3.11. The Labute approximate surface area is 61.9 Å². The van der Waals surface area contributed by atoms with Crippen LogP contribution in [0.5, 0.6) is 0 Å². The summed E-state index contributed by atoms with van der Waals surface area (Å²) < 4.78 is 54.7. The summed E-state index contributed by atoms with van der Waals surface area (Å²) >= 11 is 0. The van der Waals surface area contributed by atoms with E-state index in [1.165, 1.54) is 6.92 Å². The average Bonchev–Trinajstić information content (AvgIpc) is 1.81. The Morgan fingerprint density at radius 1 is 1.36 bits per heavy atom. The Morgan fingerprint density at radius 2 is 1.82 bits per heavy atom.